The monoisotopic (exact) mass is 625 g/mol. The van der Waals surface area contributed by atoms with Crippen molar-refractivity contribution in [1.82, 2.24) is 14.6 Å². The molecule has 0 fully saturated rings. The minimum Gasteiger partial charge on any atom is -0.318 e. The first kappa shape index (κ1) is 30.4. The number of nitrogens with zero attached hydrogens (tertiary/aromatic N) is 4. The number of benzene rings is 4. The molecule has 2 aromatic heterocycles. The van der Waals surface area contributed by atoms with Crippen LogP contribution >= 0.6 is 11.8 Å². The van der Waals surface area contributed by atoms with Crippen LogP contribution in [-0.2, 0) is 0 Å². The lowest BCUT2D eigenvalue weighted by molar-refractivity contribution is -0.384. The molecule has 228 valence electrons. The molecule has 1 N–H and O–H groups in total. The van der Waals surface area contributed by atoms with E-state index in [-0.39, 0.29) is 11.6 Å². The average Bonchev–Trinajstić information content (AvgIpc) is 3.59. The van der Waals surface area contributed by atoms with Crippen molar-refractivity contribution in [1.29, 1.82) is 0 Å². The normalized spacial score (nSPS) is 11.2. The Balaban J connectivity index is 1.11. The van der Waals surface area contributed by atoms with Crippen LogP contribution in [0.3, 0.4) is 0 Å². The Bertz CT molecular complexity index is 2040. The largest absolute Gasteiger partial charge is 0.318 e. The minimum absolute atomic E-state index is 0.0762. The molecule has 6 rings (SSSR count). The molecule has 8 nitrogen and oxygen atoms in total. The van der Waals surface area contributed by atoms with E-state index in [4.69, 9.17) is 0 Å². The van der Waals surface area contributed by atoms with Crippen molar-refractivity contribution < 1.29 is 9.72 Å². The van der Waals surface area contributed by atoms with Crippen molar-refractivity contribution in [3.05, 3.63) is 160 Å². The summed E-state index contributed by atoms with van der Waals surface area (Å²) in [5.74, 6) is -0.287. The van der Waals surface area contributed by atoms with Gasteiger partial charge in [0.2, 0.25) is 0 Å². The lowest BCUT2D eigenvalue weighted by Crippen LogP contribution is -2.17. The topological polar surface area (TPSA) is 94.5 Å². The Kier molecular flexibility index (Phi) is 8.67. The number of nitrogens with one attached hydrogen (secondary N) is 1. The summed E-state index contributed by atoms with van der Waals surface area (Å²) in [6.07, 6.45) is 1.67. The van der Waals surface area contributed by atoms with E-state index in [1.807, 2.05) is 86.6 Å². The molecule has 0 saturated carbocycles. The first-order valence-corrected chi connectivity index (χ1v) is 15.5. The second kappa shape index (κ2) is 13.1. The van der Waals surface area contributed by atoms with Crippen molar-refractivity contribution in [2.75, 3.05) is 0 Å². The van der Waals surface area contributed by atoms with Crippen LogP contribution in [-0.4, -0.2) is 26.2 Å². The summed E-state index contributed by atoms with van der Waals surface area (Å²) < 4.78 is 4.31. The maximum atomic E-state index is 12.9. The Labute approximate surface area is 271 Å². The highest BCUT2D eigenvalue weighted by Gasteiger charge is 2.13. The van der Waals surface area contributed by atoms with Gasteiger partial charge in [0, 0.05) is 61.5 Å². The summed E-state index contributed by atoms with van der Waals surface area (Å²) in [6.45, 7) is 6.11. The SMILES string of the molecule is Cc1ccc(-c2ccccc2)n1-c1ccc(C(=O)N/N=C/c2cc(C)n(-c3ccc(Sc4ccc([N+](=O)[O-])cc4)cc3)c2C)cc1. The standard InChI is InChI=1S/C37H31N5O3S/c1-25-9-22-36(28-7-5-4-6-8-28)41(25)32-12-10-29(11-13-32)37(43)39-38-24-30-23-26(2)40(27(30)3)31-14-18-34(19-15-31)46-35-20-16-33(17-21-35)42(44)45/h4-24H,1-3H3,(H,39,43)/b38-24+. The number of hydrogen-bond acceptors (Lipinski definition) is 5. The second-order valence-electron chi connectivity index (χ2n) is 10.8. The fourth-order valence-electron chi connectivity index (χ4n) is 5.45. The highest BCUT2D eigenvalue weighted by Crippen LogP contribution is 2.31. The van der Waals surface area contributed by atoms with Crippen molar-refractivity contribution in [2.24, 2.45) is 5.10 Å². The number of nitro benzene ring substituents is 1. The molecule has 46 heavy (non-hydrogen) atoms. The van der Waals surface area contributed by atoms with Crippen LogP contribution in [0.1, 0.15) is 33.0 Å². The molecule has 0 atom stereocenters. The number of aryl methyl sites for hydroxylation is 2. The molecule has 0 radical (unpaired) electrons. The smallest absolute Gasteiger partial charge is 0.271 e. The van der Waals surface area contributed by atoms with Crippen LogP contribution in [0.25, 0.3) is 22.6 Å². The van der Waals surface area contributed by atoms with Gasteiger partial charge in [-0.2, -0.15) is 5.10 Å². The Morgan fingerprint density at radius 1 is 0.761 bits per heavy atom. The zero-order chi connectivity index (χ0) is 32.2. The molecule has 4 aromatic carbocycles. The third-order valence-electron chi connectivity index (χ3n) is 7.75. The molecule has 0 aliphatic heterocycles. The zero-order valence-electron chi connectivity index (χ0n) is 25.5. The van der Waals surface area contributed by atoms with Crippen molar-refractivity contribution >= 4 is 29.6 Å². The van der Waals surface area contributed by atoms with Gasteiger partial charge in [0.05, 0.1) is 16.8 Å². The fraction of sp³-hybridized carbons (Fsp3) is 0.0811. The first-order chi connectivity index (χ1) is 22.3. The number of amides is 1. The van der Waals surface area contributed by atoms with Gasteiger partial charge in [-0.3, -0.25) is 14.9 Å². The third kappa shape index (κ3) is 6.40. The summed E-state index contributed by atoms with van der Waals surface area (Å²) in [6, 6.07) is 38.6. The van der Waals surface area contributed by atoms with Crippen LogP contribution in [0, 0.1) is 30.9 Å². The van der Waals surface area contributed by atoms with E-state index in [1.165, 1.54) is 12.1 Å². The second-order valence-corrected chi connectivity index (χ2v) is 12.0. The van der Waals surface area contributed by atoms with Crippen LogP contribution < -0.4 is 5.43 Å². The van der Waals surface area contributed by atoms with Crippen LogP contribution in [0.4, 0.5) is 5.69 Å². The molecule has 1 amide bonds. The van der Waals surface area contributed by atoms with E-state index in [2.05, 4.69) is 50.9 Å². The molecule has 2 heterocycles. The number of hydrazone groups is 1. The Morgan fingerprint density at radius 3 is 2.02 bits per heavy atom. The minimum atomic E-state index is -0.399. The van der Waals surface area contributed by atoms with Gasteiger partial charge in [-0.1, -0.05) is 42.1 Å². The number of rotatable bonds is 9. The Hall–Kier alpha value is -5.67. The van der Waals surface area contributed by atoms with E-state index < -0.39 is 4.92 Å². The summed E-state index contributed by atoms with van der Waals surface area (Å²) >= 11 is 1.54. The fourth-order valence-corrected chi connectivity index (χ4v) is 6.27. The third-order valence-corrected chi connectivity index (χ3v) is 8.77. The van der Waals surface area contributed by atoms with Gasteiger partial charge in [-0.25, -0.2) is 5.43 Å². The van der Waals surface area contributed by atoms with Gasteiger partial charge in [-0.15, -0.1) is 0 Å². The molecule has 0 aliphatic rings. The Morgan fingerprint density at radius 2 is 1.37 bits per heavy atom. The molecule has 6 aromatic rings. The molecular weight excluding hydrogens is 595 g/mol. The van der Waals surface area contributed by atoms with Gasteiger partial charge in [0.1, 0.15) is 0 Å². The van der Waals surface area contributed by atoms with E-state index in [9.17, 15) is 14.9 Å². The zero-order valence-corrected chi connectivity index (χ0v) is 26.4. The number of nitro groups is 1. The summed E-state index contributed by atoms with van der Waals surface area (Å²) in [4.78, 5) is 25.4. The van der Waals surface area contributed by atoms with Crippen LogP contribution in [0.5, 0.6) is 0 Å². The predicted octanol–water partition coefficient (Wildman–Crippen LogP) is 8.68. The maximum absolute atomic E-state index is 12.9. The summed E-state index contributed by atoms with van der Waals surface area (Å²) in [7, 11) is 0. The van der Waals surface area contributed by atoms with Crippen LogP contribution in [0.15, 0.2) is 136 Å². The van der Waals surface area contributed by atoms with Gasteiger partial charge in [0.15, 0.2) is 0 Å². The number of carbonyl (C=O) groups excluding carboxylic acids is 1. The van der Waals surface area contributed by atoms with Gasteiger partial charge in [0.25, 0.3) is 11.6 Å². The predicted molar refractivity (Wildman–Crippen MR) is 183 cm³/mol. The number of carbonyl (C=O) groups is 1. The van der Waals surface area contributed by atoms with Gasteiger partial charge < -0.3 is 9.13 Å². The highest BCUT2D eigenvalue weighted by molar-refractivity contribution is 7.99. The quantitative estimate of drug-likeness (QED) is 0.0988. The van der Waals surface area contributed by atoms with E-state index in [0.717, 1.165) is 55.1 Å². The van der Waals surface area contributed by atoms with Crippen molar-refractivity contribution in [3.8, 4) is 22.6 Å². The number of aromatic nitrogens is 2. The van der Waals surface area contributed by atoms with Crippen molar-refractivity contribution in [3.63, 3.8) is 0 Å². The highest BCUT2D eigenvalue weighted by atomic mass is 32.2. The lowest BCUT2D eigenvalue weighted by Gasteiger charge is -2.12. The van der Waals surface area contributed by atoms with Gasteiger partial charge >= 0.3 is 0 Å². The number of non-ortho nitro benzene ring substituents is 1. The van der Waals surface area contributed by atoms with Crippen molar-refractivity contribution in [2.45, 2.75) is 30.6 Å². The molecule has 0 bridgehead atoms. The summed E-state index contributed by atoms with van der Waals surface area (Å²) in [5, 5.41) is 15.2. The van der Waals surface area contributed by atoms with E-state index >= 15 is 0 Å². The average molecular weight is 626 g/mol. The molecule has 0 spiro atoms. The molecular formula is C37H31N5O3S. The lowest BCUT2D eigenvalue weighted by atomic mass is 10.1. The molecule has 9 heteroatoms. The molecule has 0 aliphatic carbocycles. The first-order valence-electron chi connectivity index (χ1n) is 14.7. The van der Waals surface area contributed by atoms with E-state index in [0.29, 0.717) is 5.56 Å². The molecule has 0 unspecified atom stereocenters. The van der Waals surface area contributed by atoms with E-state index in [1.54, 1.807) is 30.1 Å². The molecule has 0 saturated heterocycles. The van der Waals surface area contributed by atoms with Gasteiger partial charge in [-0.05, 0) is 105 Å². The number of hydrogen-bond donors (Lipinski definition) is 1. The van der Waals surface area contributed by atoms with Crippen LogP contribution in [0.2, 0.25) is 0 Å². The maximum Gasteiger partial charge on any atom is 0.271 e. The summed E-state index contributed by atoms with van der Waals surface area (Å²) in [5.41, 5.74) is 11.5.